The van der Waals surface area contributed by atoms with E-state index < -0.39 is 23.9 Å². The van der Waals surface area contributed by atoms with Crippen molar-refractivity contribution >= 4 is 5.91 Å². The number of alkyl halides is 3. The lowest BCUT2D eigenvalue weighted by atomic mass is 9.78. The molecule has 1 saturated carbocycles. The third-order valence-electron chi connectivity index (χ3n) is 3.88. The Bertz CT molecular complexity index is 294. The highest BCUT2D eigenvalue weighted by Crippen LogP contribution is 2.41. The second-order valence-corrected chi connectivity index (χ2v) is 5.23. The van der Waals surface area contributed by atoms with Crippen molar-refractivity contribution in [2.24, 2.45) is 17.6 Å². The van der Waals surface area contributed by atoms with Crippen molar-refractivity contribution in [1.29, 1.82) is 0 Å². The first kappa shape index (κ1) is 16.3. The minimum absolute atomic E-state index is 0.0647. The van der Waals surface area contributed by atoms with Gasteiger partial charge >= 0.3 is 6.18 Å². The lowest BCUT2D eigenvalue weighted by molar-refractivity contribution is -0.198. The zero-order valence-electron chi connectivity index (χ0n) is 11.3. The minimum atomic E-state index is -4.28. The molecule has 1 rings (SSSR count). The molecule has 0 heterocycles. The quantitative estimate of drug-likeness (QED) is 0.813. The number of hydrogen-bond acceptors (Lipinski definition) is 2. The summed E-state index contributed by atoms with van der Waals surface area (Å²) in [6.45, 7) is 2.31. The van der Waals surface area contributed by atoms with Gasteiger partial charge in [0.1, 0.15) is 0 Å². The highest BCUT2D eigenvalue weighted by molar-refractivity contribution is 5.79. The highest BCUT2D eigenvalue weighted by Gasteiger charge is 2.48. The maximum atomic E-state index is 12.9. The van der Waals surface area contributed by atoms with Crippen molar-refractivity contribution < 1.29 is 18.0 Å². The Morgan fingerprint density at radius 2 is 2.00 bits per heavy atom. The molecule has 3 unspecified atom stereocenters. The summed E-state index contributed by atoms with van der Waals surface area (Å²) < 4.78 is 38.8. The summed E-state index contributed by atoms with van der Waals surface area (Å²) in [5, 5.41) is 2.72. The number of carbonyl (C=O) groups is 1. The fourth-order valence-electron chi connectivity index (χ4n) is 2.72. The van der Waals surface area contributed by atoms with E-state index in [1.807, 2.05) is 6.92 Å². The fraction of sp³-hybridized carbons (Fsp3) is 0.923. The summed E-state index contributed by atoms with van der Waals surface area (Å²) >= 11 is 0. The monoisotopic (exact) mass is 280 g/mol. The molecule has 0 aromatic heterocycles. The number of amides is 1. The van der Waals surface area contributed by atoms with Gasteiger partial charge in [-0.25, -0.2) is 0 Å². The van der Waals surface area contributed by atoms with Gasteiger partial charge in [-0.2, -0.15) is 13.2 Å². The van der Waals surface area contributed by atoms with Gasteiger partial charge in [-0.15, -0.1) is 0 Å². The molecule has 1 amide bonds. The van der Waals surface area contributed by atoms with E-state index in [2.05, 4.69) is 5.32 Å². The number of nitrogens with one attached hydrogen (secondary N) is 1. The molecule has 6 heteroatoms. The van der Waals surface area contributed by atoms with E-state index in [4.69, 9.17) is 5.73 Å². The smallest absolute Gasteiger partial charge is 0.353 e. The summed E-state index contributed by atoms with van der Waals surface area (Å²) in [7, 11) is 0. The second kappa shape index (κ2) is 7.12. The van der Waals surface area contributed by atoms with E-state index in [0.717, 1.165) is 0 Å². The normalized spacial score (nSPS) is 25.9. The molecule has 1 aliphatic rings. The molecule has 0 aliphatic heterocycles. The van der Waals surface area contributed by atoms with Crippen LogP contribution < -0.4 is 11.1 Å². The van der Waals surface area contributed by atoms with Crippen molar-refractivity contribution in [2.75, 3.05) is 6.54 Å². The maximum absolute atomic E-state index is 12.9. The van der Waals surface area contributed by atoms with E-state index in [9.17, 15) is 18.0 Å². The van der Waals surface area contributed by atoms with E-state index >= 15 is 0 Å². The molecule has 3 nitrogen and oxygen atoms in total. The first-order valence-electron chi connectivity index (χ1n) is 6.97. The standard InChI is InChI=1S/C13H23F3N2O/c1-2-9(7-8-17)18-12(19)10-5-3-4-6-11(10)13(14,15)16/h9-11H,2-8,17H2,1H3,(H,18,19). The van der Waals surface area contributed by atoms with Crippen LogP contribution in [0.2, 0.25) is 0 Å². The van der Waals surface area contributed by atoms with E-state index in [1.165, 1.54) is 0 Å². The van der Waals surface area contributed by atoms with Crippen LogP contribution >= 0.6 is 0 Å². The molecular weight excluding hydrogens is 257 g/mol. The molecular formula is C13H23F3N2O. The molecule has 0 bridgehead atoms. The van der Waals surface area contributed by atoms with Gasteiger partial charge in [0.2, 0.25) is 5.91 Å². The van der Waals surface area contributed by atoms with Crippen LogP contribution in [0.3, 0.4) is 0 Å². The zero-order chi connectivity index (χ0) is 14.5. The summed E-state index contributed by atoms with van der Waals surface area (Å²) in [6.07, 6.45) is -1.35. The number of halogens is 3. The van der Waals surface area contributed by atoms with Crippen LogP contribution in [0.25, 0.3) is 0 Å². The van der Waals surface area contributed by atoms with Crippen molar-refractivity contribution in [3.05, 3.63) is 0 Å². The molecule has 0 aromatic rings. The van der Waals surface area contributed by atoms with Gasteiger partial charge in [0.25, 0.3) is 0 Å². The van der Waals surface area contributed by atoms with Crippen molar-refractivity contribution in [3.8, 4) is 0 Å². The van der Waals surface area contributed by atoms with Crippen LogP contribution in [0.5, 0.6) is 0 Å². The van der Waals surface area contributed by atoms with Crippen molar-refractivity contribution in [1.82, 2.24) is 5.32 Å². The van der Waals surface area contributed by atoms with E-state index in [0.29, 0.717) is 38.6 Å². The van der Waals surface area contributed by atoms with Crippen LogP contribution in [0.1, 0.15) is 45.4 Å². The molecule has 19 heavy (non-hydrogen) atoms. The molecule has 0 saturated heterocycles. The minimum Gasteiger partial charge on any atom is -0.353 e. The van der Waals surface area contributed by atoms with Crippen LogP contribution in [0.15, 0.2) is 0 Å². The largest absolute Gasteiger partial charge is 0.392 e. The van der Waals surface area contributed by atoms with Gasteiger partial charge in [0, 0.05) is 12.0 Å². The predicted octanol–water partition coefficient (Wildman–Crippen LogP) is 2.60. The Kier molecular flexibility index (Phi) is 6.10. The van der Waals surface area contributed by atoms with Gasteiger partial charge in [-0.05, 0) is 32.2 Å². The lowest BCUT2D eigenvalue weighted by Crippen LogP contribution is -2.46. The number of rotatable bonds is 5. The molecule has 0 spiro atoms. The summed E-state index contributed by atoms with van der Waals surface area (Å²) in [4.78, 5) is 12.0. The van der Waals surface area contributed by atoms with Crippen LogP contribution in [-0.4, -0.2) is 24.7 Å². The molecule has 1 aliphatic carbocycles. The van der Waals surface area contributed by atoms with Gasteiger partial charge in [-0.1, -0.05) is 19.8 Å². The molecule has 3 atom stereocenters. The average Bonchev–Trinajstić information content (AvgIpc) is 2.37. The number of hydrogen-bond donors (Lipinski definition) is 2. The van der Waals surface area contributed by atoms with Crippen LogP contribution in [-0.2, 0) is 4.79 Å². The maximum Gasteiger partial charge on any atom is 0.392 e. The molecule has 0 aromatic carbocycles. The summed E-state index contributed by atoms with van der Waals surface area (Å²) in [6, 6.07) is -0.117. The summed E-state index contributed by atoms with van der Waals surface area (Å²) in [5.74, 6) is -2.88. The molecule has 112 valence electrons. The first-order valence-corrected chi connectivity index (χ1v) is 6.97. The molecule has 1 fully saturated rings. The van der Waals surface area contributed by atoms with Gasteiger partial charge in [0.05, 0.1) is 5.92 Å². The Hall–Kier alpha value is -0.780. The van der Waals surface area contributed by atoms with Gasteiger partial charge < -0.3 is 11.1 Å². The third-order valence-corrected chi connectivity index (χ3v) is 3.88. The van der Waals surface area contributed by atoms with Gasteiger partial charge in [-0.3, -0.25) is 4.79 Å². The number of nitrogens with two attached hydrogens (primary N) is 1. The SMILES string of the molecule is CCC(CCN)NC(=O)C1CCCCC1C(F)(F)F. The van der Waals surface area contributed by atoms with Crippen LogP contribution in [0.4, 0.5) is 13.2 Å². The second-order valence-electron chi connectivity index (χ2n) is 5.23. The topological polar surface area (TPSA) is 55.1 Å². The van der Waals surface area contributed by atoms with Crippen LogP contribution in [0, 0.1) is 11.8 Å². The Morgan fingerprint density at radius 3 is 2.53 bits per heavy atom. The van der Waals surface area contributed by atoms with E-state index in [-0.39, 0.29) is 12.5 Å². The Balaban J connectivity index is 2.66. The van der Waals surface area contributed by atoms with E-state index in [1.54, 1.807) is 0 Å². The number of carbonyl (C=O) groups excluding carboxylic acids is 1. The third kappa shape index (κ3) is 4.67. The molecule has 3 N–H and O–H groups in total. The molecule has 0 radical (unpaired) electrons. The Morgan fingerprint density at radius 1 is 1.37 bits per heavy atom. The fourth-order valence-corrected chi connectivity index (χ4v) is 2.72. The lowest BCUT2D eigenvalue weighted by Gasteiger charge is -2.33. The van der Waals surface area contributed by atoms with Crippen molar-refractivity contribution in [2.45, 2.75) is 57.7 Å². The Labute approximate surface area is 112 Å². The first-order chi connectivity index (χ1) is 8.90. The zero-order valence-corrected chi connectivity index (χ0v) is 11.3. The van der Waals surface area contributed by atoms with Gasteiger partial charge in [0.15, 0.2) is 0 Å². The summed E-state index contributed by atoms with van der Waals surface area (Å²) in [5.41, 5.74) is 5.42. The van der Waals surface area contributed by atoms with Crippen molar-refractivity contribution in [3.63, 3.8) is 0 Å². The average molecular weight is 280 g/mol. The highest BCUT2D eigenvalue weighted by atomic mass is 19.4. The predicted molar refractivity (Wildman–Crippen MR) is 67.4 cm³/mol.